The molecule has 0 amide bonds. The number of hydrogen-bond acceptors (Lipinski definition) is 2. The molecular weight excluding hydrogens is 132 g/mol. The van der Waals surface area contributed by atoms with Gasteiger partial charge >= 0.3 is 0 Å². The van der Waals surface area contributed by atoms with Crippen molar-refractivity contribution in [3.63, 3.8) is 0 Å². The van der Waals surface area contributed by atoms with Gasteiger partial charge in [0, 0.05) is 23.5 Å². The average Bonchev–Trinajstić information content (AvgIpc) is 1.89. The average molecular weight is 142 g/mol. The quantitative estimate of drug-likeness (QED) is 0.478. The molecule has 50 valence electrons. The summed E-state index contributed by atoms with van der Waals surface area (Å²) in [6, 6.07) is 0. The largest absolute Gasteiger partial charge is 0.295 e. The van der Waals surface area contributed by atoms with Crippen LogP contribution < -0.4 is 0 Å². The number of Topliss-reactive ketones (excluding diaryl/α,β-unsaturated/α-hetero) is 1. The Hall–Kier alpha value is -0.240. The van der Waals surface area contributed by atoms with E-state index in [2.05, 4.69) is 0 Å². The topological polar surface area (TPSA) is 17.1 Å². The summed E-state index contributed by atoms with van der Waals surface area (Å²) < 4.78 is 0. The first-order valence-electron chi connectivity index (χ1n) is 3.10. The van der Waals surface area contributed by atoms with E-state index in [4.69, 9.17) is 0 Å². The van der Waals surface area contributed by atoms with Gasteiger partial charge in [-0.15, -0.1) is 0 Å². The molecule has 1 fully saturated rings. The Morgan fingerprint density at radius 1 is 1.67 bits per heavy atom. The Balaban J connectivity index is 2.60. The van der Waals surface area contributed by atoms with Gasteiger partial charge in [-0.1, -0.05) is 6.08 Å². The zero-order valence-electron chi connectivity index (χ0n) is 5.52. The highest BCUT2D eigenvalue weighted by atomic mass is 32.2. The van der Waals surface area contributed by atoms with E-state index < -0.39 is 0 Å². The zero-order chi connectivity index (χ0) is 6.69. The van der Waals surface area contributed by atoms with Crippen LogP contribution in [0.2, 0.25) is 0 Å². The molecule has 0 aliphatic carbocycles. The minimum Gasteiger partial charge on any atom is -0.295 e. The number of hydrogen-bond donors (Lipinski definition) is 0. The lowest BCUT2D eigenvalue weighted by Crippen LogP contribution is -2.11. The maximum absolute atomic E-state index is 10.9. The van der Waals surface area contributed by atoms with E-state index in [1.54, 1.807) is 0 Å². The molecule has 0 unspecified atom stereocenters. The highest BCUT2D eigenvalue weighted by molar-refractivity contribution is 7.99. The first-order valence-corrected chi connectivity index (χ1v) is 4.26. The highest BCUT2D eigenvalue weighted by Crippen LogP contribution is 2.18. The number of rotatable bonds is 0. The van der Waals surface area contributed by atoms with Crippen LogP contribution in [-0.4, -0.2) is 17.3 Å². The van der Waals surface area contributed by atoms with Crippen molar-refractivity contribution in [2.45, 2.75) is 13.3 Å². The number of allylic oxidation sites excluding steroid dienone is 1. The lowest BCUT2D eigenvalue weighted by atomic mass is 10.1. The Kier molecular flexibility index (Phi) is 2.34. The van der Waals surface area contributed by atoms with Crippen LogP contribution in [-0.2, 0) is 4.79 Å². The molecule has 1 saturated heterocycles. The molecule has 0 atom stereocenters. The molecule has 0 saturated carbocycles. The van der Waals surface area contributed by atoms with E-state index in [1.807, 2.05) is 24.8 Å². The summed E-state index contributed by atoms with van der Waals surface area (Å²) in [6.45, 7) is 1.93. The van der Waals surface area contributed by atoms with Crippen molar-refractivity contribution in [1.82, 2.24) is 0 Å². The van der Waals surface area contributed by atoms with Gasteiger partial charge in [-0.3, -0.25) is 4.79 Å². The molecule has 9 heavy (non-hydrogen) atoms. The van der Waals surface area contributed by atoms with E-state index in [0.717, 1.165) is 23.5 Å². The molecule has 1 aliphatic heterocycles. The molecular formula is C7H10OS. The molecule has 1 nitrogen and oxygen atoms in total. The van der Waals surface area contributed by atoms with Crippen LogP contribution in [0.3, 0.4) is 0 Å². The summed E-state index contributed by atoms with van der Waals surface area (Å²) in [7, 11) is 0. The maximum Gasteiger partial charge on any atom is 0.160 e. The van der Waals surface area contributed by atoms with Crippen molar-refractivity contribution in [2.24, 2.45) is 0 Å². The summed E-state index contributed by atoms with van der Waals surface area (Å²) in [5, 5.41) is 0. The fraction of sp³-hybridized carbons (Fsp3) is 0.571. The monoisotopic (exact) mass is 142 g/mol. The van der Waals surface area contributed by atoms with Crippen molar-refractivity contribution < 1.29 is 4.79 Å². The van der Waals surface area contributed by atoms with Crippen LogP contribution >= 0.6 is 11.8 Å². The second kappa shape index (κ2) is 3.06. The summed E-state index contributed by atoms with van der Waals surface area (Å²) >= 11 is 1.84. The molecule has 0 aromatic rings. The number of carbonyl (C=O) groups is 1. The Bertz CT molecular complexity index is 149. The molecule has 1 heterocycles. The van der Waals surface area contributed by atoms with E-state index in [9.17, 15) is 4.79 Å². The normalized spacial score (nSPS) is 25.0. The summed E-state index contributed by atoms with van der Waals surface area (Å²) in [6.07, 6.45) is 2.67. The zero-order valence-corrected chi connectivity index (χ0v) is 6.33. The molecule has 0 spiro atoms. The van der Waals surface area contributed by atoms with E-state index in [1.165, 1.54) is 0 Å². The summed E-state index contributed by atoms with van der Waals surface area (Å²) in [4.78, 5) is 10.9. The first-order chi connectivity index (χ1) is 4.34. The van der Waals surface area contributed by atoms with Gasteiger partial charge in [-0.05, 0) is 6.92 Å². The van der Waals surface area contributed by atoms with Gasteiger partial charge in [0.1, 0.15) is 0 Å². The van der Waals surface area contributed by atoms with Gasteiger partial charge in [-0.25, -0.2) is 0 Å². The number of ketones is 1. The SMILES string of the molecule is C/C=C1\CSCCC1=O. The van der Waals surface area contributed by atoms with Crippen LogP contribution in [0.5, 0.6) is 0 Å². The predicted molar refractivity (Wildman–Crippen MR) is 40.7 cm³/mol. The molecule has 1 aliphatic rings. The first kappa shape index (κ1) is 6.87. The van der Waals surface area contributed by atoms with E-state index in [0.29, 0.717) is 5.78 Å². The molecule has 0 aromatic carbocycles. The van der Waals surface area contributed by atoms with Gasteiger partial charge in [0.2, 0.25) is 0 Å². The number of carbonyl (C=O) groups excluding carboxylic acids is 1. The smallest absolute Gasteiger partial charge is 0.160 e. The third-order valence-corrected chi connectivity index (χ3v) is 2.45. The molecule has 0 N–H and O–H groups in total. The second-order valence-electron chi connectivity index (χ2n) is 2.04. The van der Waals surface area contributed by atoms with Crippen LogP contribution in [0.1, 0.15) is 13.3 Å². The maximum atomic E-state index is 10.9. The minimum atomic E-state index is 0.344. The van der Waals surface area contributed by atoms with Crippen molar-refractivity contribution in [2.75, 3.05) is 11.5 Å². The van der Waals surface area contributed by atoms with E-state index >= 15 is 0 Å². The standard InChI is InChI=1S/C7H10OS/c1-2-6-5-9-4-3-7(6)8/h2H,3-5H2,1H3/b6-2+. The molecule has 1 rings (SSSR count). The lowest BCUT2D eigenvalue weighted by Gasteiger charge is -2.10. The fourth-order valence-electron chi connectivity index (χ4n) is 0.832. The highest BCUT2D eigenvalue weighted by Gasteiger charge is 2.12. The third kappa shape index (κ3) is 1.58. The van der Waals surface area contributed by atoms with Gasteiger partial charge in [0.25, 0.3) is 0 Å². The van der Waals surface area contributed by atoms with Gasteiger partial charge in [0.05, 0.1) is 0 Å². The Labute approximate surface area is 59.5 Å². The van der Waals surface area contributed by atoms with Gasteiger partial charge in [-0.2, -0.15) is 11.8 Å². The van der Waals surface area contributed by atoms with Crippen molar-refractivity contribution in [3.8, 4) is 0 Å². The molecule has 0 aromatic heterocycles. The molecule has 2 heteroatoms. The van der Waals surface area contributed by atoms with Gasteiger partial charge in [0.15, 0.2) is 5.78 Å². The molecule has 0 radical (unpaired) electrons. The van der Waals surface area contributed by atoms with Crippen LogP contribution in [0, 0.1) is 0 Å². The third-order valence-electron chi connectivity index (χ3n) is 1.44. The van der Waals surface area contributed by atoms with Crippen molar-refractivity contribution >= 4 is 17.5 Å². The fourth-order valence-corrected chi connectivity index (χ4v) is 1.85. The van der Waals surface area contributed by atoms with Crippen LogP contribution in [0.15, 0.2) is 11.6 Å². The Morgan fingerprint density at radius 2 is 2.44 bits per heavy atom. The molecule has 0 bridgehead atoms. The van der Waals surface area contributed by atoms with Crippen molar-refractivity contribution in [1.29, 1.82) is 0 Å². The summed E-state index contributed by atoms with van der Waals surface area (Å²) in [5.41, 5.74) is 1.01. The minimum absolute atomic E-state index is 0.344. The Morgan fingerprint density at radius 3 is 2.89 bits per heavy atom. The van der Waals surface area contributed by atoms with E-state index in [-0.39, 0.29) is 0 Å². The number of thioether (sulfide) groups is 1. The predicted octanol–water partition coefficient (Wildman–Crippen LogP) is 1.64. The van der Waals surface area contributed by atoms with Crippen LogP contribution in [0.25, 0.3) is 0 Å². The summed E-state index contributed by atoms with van der Waals surface area (Å²) in [5.74, 6) is 2.28. The van der Waals surface area contributed by atoms with Crippen LogP contribution in [0.4, 0.5) is 0 Å². The second-order valence-corrected chi connectivity index (χ2v) is 3.14. The van der Waals surface area contributed by atoms with Crippen molar-refractivity contribution in [3.05, 3.63) is 11.6 Å². The van der Waals surface area contributed by atoms with Gasteiger partial charge < -0.3 is 0 Å². The lowest BCUT2D eigenvalue weighted by molar-refractivity contribution is -0.115.